The fourth-order valence-electron chi connectivity index (χ4n) is 1.56. The molecule has 0 atom stereocenters. The molecule has 0 saturated carbocycles. The van der Waals surface area contributed by atoms with Crippen LogP contribution in [0.3, 0.4) is 0 Å². The van der Waals surface area contributed by atoms with Crippen molar-refractivity contribution in [2.75, 3.05) is 10.5 Å². The van der Waals surface area contributed by atoms with Crippen molar-refractivity contribution in [2.24, 2.45) is 0 Å². The maximum atomic E-state index is 12.9. The largest absolute Gasteiger partial charge is 0.266 e. The second kappa shape index (κ2) is 5.80. The molecule has 1 aromatic carbocycles. The predicted octanol–water partition coefficient (Wildman–Crippen LogP) is 2.49. The van der Waals surface area contributed by atoms with Crippen molar-refractivity contribution in [1.29, 1.82) is 0 Å². The molecule has 0 aliphatic carbocycles. The Balaban J connectivity index is 2.13. The first-order valence-corrected chi connectivity index (χ1v) is 7.90. The van der Waals surface area contributed by atoms with E-state index < -0.39 is 15.8 Å². The van der Waals surface area contributed by atoms with Crippen LogP contribution in [0.15, 0.2) is 30.5 Å². The van der Waals surface area contributed by atoms with Gasteiger partial charge in [0.1, 0.15) is 5.82 Å². The number of sulfonamides is 1. The Kier molecular flexibility index (Phi) is 4.29. The zero-order valence-corrected chi connectivity index (χ0v) is 12.2. The van der Waals surface area contributed by atoms with Gasteiger partial charge in [-0.05, 0) is 24.6 Å². The molecule has 108 valence electrons. The molecular formula is C12H13ClFN3O2S. The van der Waals surface area contributed by atoms with Crippen LogP contribution in [0.2, 0.25) is 5.02 Å². The maximum absolute atomic E-state index is 12.9. The van der Waals surface area contributed by atoms with Gasteiger partial charge >= 0.3 is 0 Å². The van der Waals surface area contributed by atoms with Crippen molar-refractivity contribution >= 4 is 27.4 Å². The minimum Gasteiger partial charge on any atom is -0.266 e. The molecule has 20 heavy (non-hydrogen) atoms. The first-order chi connectivity index (χ1) is 9.39. The van der Waals surface area contributed by atoms with Crippen molar-refractivity contribution < 1.29 is 12.8 Å². The first-order valence-electron chi connectivity index (χ1n) is 5.87. The summed E-state index contributed by atoms with van der Waals surface area (Å²) in [5, 5.41) is 4.38. The molecule has 0 aliphatic heterocycles. The molecule has 0 bridgehead atoms. The fourth-order valence-corrected chi connectivity index (χ4v) is 2.36. The summed E-state index contributed by atoms with van der Waals surface area (Å²) in [5.74, 6) is -0.190. The number of rotatable bonds is 5. The van der Waals surface area contributed by atoms with Crippen LogP contribution in [-0.4, -0.2) is 24.0 Å². The van der Waals surface area contributed by atoms with E-state index in [1.165, 1.54) is 23.7 Å². The smallest absolute Gasteiger partial charge is 0.233 e. The summed E-state index contributed by atoms with van der Waals surface area (Å²) in [6, 6.07) is 5.65. The minimum atomic E-state index is -3.35. The van der Waals surface area contributed by atoms with E-state index in [1.807, 2.05) is 0 Å². The van der Waals surface area contributed by atoms with Crippen LogP contribution in [0.5, 0.6) is 0 Å². The molecule has 5 nitrogen and oxygen atoms in total. The number of nitrogens with zero attached hydrogens (tertiary/aromatic N) is 2. The van der Waals surface area contributed by atoms with Crippen molar-refractivity contribution in [3.05, 3.63) is 46.9 Å². The Labute approximate surface area is 121 Å². The van der Waals surface area contributed by atoms with Gasteiger partial charge in [0.05, 0.1) is 12.3 Å². The number of hydrogen-bond donors (Lipinski definition) is 1. The molecular weight excluding hydrogens is 305 g/mol. The van der Waals surface area contributed by atoms with E-state index in [0.29, 0.717) is 17.1 Å². The van der Waals surface area contributed by atoms with Gasteiger partial charge in [-0.1, -0.05) is 17.7 Å². The molecule has 1 N–H and O–H groups in total. The lowest BCUT2D eigenvalue weighted by molar-refractivity contribution is 0.601. The molecule has 0 fully saturated rings. The Bertz CT molecular complexity index is 715. The lowest BCUT2D eigenvalue weighted by Gasteiger charge is -2.05. The highest BCUT2D eigenvalue weighted by molar-refractivity contribution is 7.92. The molecule has 1 heterocycles. The molecule has 0 unspecified atom stereocenters. The summed E-state index contributed by atoms with van der Waals surface area (Å²) >= 11 is 5.92. The average Bonchev–Trinajstić information content (AvgIpc) is 2.79. The third-order valence-corrected chi connectivity index (χ3v) is 4.26. The van der Waals surface area contributed by atoms with Crippen LogP contribution in [0.4, 0.5) is 10.2 Å². The topological polar surface area (TPSA) is 64.0 Å². The molecule has 0 amide bonds. The summed E-state index contributed by atoms with van der Waals surface area (Å²) in [6.07, 6.45) is 1.62. The van der Waals surface area contributed by atoms with Crippen molar-refractivity contribution in [3.8, 4) is 0 Å². The Morgan fingerprint density at radius 2 is 2.15 bits per heavy atom. The van der Waals surface area contributed by atoms with Gasteiger partial charge in [-0.3, -0.25) is 9.40 Å². The van der Waals surface area contributed by atoms with E-state index in [-0.39, 0.29) is 11.6 Å². The molecule has 0 aliphatic rings. The fraction of sp³-hybridized carbons (Fsp3) is 0.250. The Hall–Kier alpha value is -1.60. The van der Waals surface area contributed by atoms with Crippen molar-refractivity contribution in [2.45, 2.75) is 13.5 Å². The Morgan fingerprint density at radius 1 is 1.40 bits per heavy atom. The number of hydrogen-bond acceptors (Lipinski definition) is 3. The van der Waals surface area contributed by atoms with Crippen LogP contribution in [-0.2, 0) is 16.6 Å². The number of aromatic nitrogens is 2. The summed E-state index contributed by atoms with van der Waals surface area (Å²) in [5.41, 5.74) is 0.695. The lowest BCUT2D eigenvalue weighted by atomic mass is 10.2. The molecule has 1 aromatic heterocycles. The van der Waals surface area contributed by atoms with E-state index in [4.69, 9.17) is 11.6 Å². The summed E-state index contributed by atoms with van der Waals surface area (Å²) < 4.78 is 39.6. The van der Waals surface area contributed by atoms with E-state index in [1.54, 1.807) is 18.3 Å². The van der Waals surface area contributed by atoms with Gasteiger partial charge in [0.25, 0.3) is 0 Å². The third kappa shape index (κ3) is 3.71. The van der Waals surface area contributed by atoms with Crippen LogP contribution in [0, 0.1) is 5.82 Å². The second-order valence-electron chi connectivity index (χ2n) is 4.14. The molecule has 8 heteroatoms. The Morgan fingerprint density at radius 3 is 2.80 bits per heavy atom. The van der Waals surface area contributed by atoms with Gasteiger partial charge < -0.3 is 0 Å². The minimum absolute atomic E-state index is 0.0242. The SMILES string of the molecule is CCS(=O)(=O)Nc1ccn(Cc2ccc(F)cc2Cl)n1. The number of nitrogens with one attached hydrogen (secondary N) is 1. The van der Waals surface area contributed by atoms with Crippen molar-refractivity contribution in [1.82, 2.24) is 9.78 Å². The van der Waals surface area contributed by atoms with Gasteiger partial charge in [0, 0.05) is 17.3 Å². The van der Waals surface area contributed by atoms with Crippen molar-refractivity contribution in [3.63, 3.8) is 0 Å². The molecule has 2 rings (SSSR count). The van der Waals surface area contributed by atoms with E-state index >= 15 is 0 Å². The average molecular weight is 318 g/mol. The standard InChI is InChI=1S/C12H13ClFN3O2S/c1-2-20(18,19)16-12-5-6-17(15-12)8-9-3-4-10(14)7-11(9)13/h3-7H,2,8H2,1H3,(H,15,16). The summed E-state index contributed by atoms with van der Waals surface area (Å²) in [7, 11) is -3.35. The molecule has 0 radical (unpaired) electrons. The quantitative estimate of drug-likeness (QED) is 0.921. The first kappa shape index (κ1) is 14.8. The van der Waals surface area contributed by atoms with Gasteiger partial charge in [-0.25, -0.2) is 12.8 Å². The third-order valence-electron chi connectivity index (χ3n) is 2.63. The molecule has 0 saturated heterocycles. The van der Waals surface area contributed by atoms with E-state index in [2.05, 4.69) is 9.82 Å². The summed E-state index contributed by atoms with van der Waals surface area (Å²) in [4.78, 5) is 0. The van der Waals surface area contributed by atoms with Gasteiger partial charge in [0.15, 0.2) is 5.82 Å². The highest BCUT2D eigenvalue weighted by atomic mass is 35.5. The van der Waals surface area contributed by atoms with Crippen LogP contribution in [0.25, 0.3) is 0 Å². The maximum Gasteiger partial charge on any atom is 0.233 e. The lowest BCUT2D eigenvalue weighted by Crippen LogP contribution is -2.15. The highest BCUT2D eigenvalue weighted by Gasteiger charge is 2.09. The second-order valence-corrected chi connectivity index (χ2v) is 6.56. The highest BCUT2D eigenvalue weighted by Crippen LogP contribution is 2.18. The monoisotopic (exact) mass is 317 g/mol. The number of halogens is 2. The molecule has 0 spiro atoms. The van der Waals surface area contributed by atoms with Gasteiger partial charge in [0.2, 0.25) is 10.0 Å². The number of benzene rings is 1. The van der Waals surface area contributed by atoms with Crippen LogP contribution >= 0.6 is 11.6 Å². The predicted molar refractivity (Wildman–Crippen MR) is 75.8 cm³/mol. The van der Waals surface area contributed by atoms with Crippen LogP contribution < -0.4 is 4.72 Å². The normalized spacial score (nSPS) is 11.6. The van der Waals surface area contributed by atoms with E-state index in [0.717, 1.165) is 0 Å². The summed E-state index contributed by atoms with van der Waals surface area (Å²) in [6.45, 7) is 1.87. The zero-order valence-electron chi connectivity index (χ0n) is 10.7. The van der Waals surface area contributed by atoms with E-state index in [9.17, 15) is 12.8 Å². The van der Waals surface area contributed by atoms with Crippen LogP contribution in [0.1, 0.15) is 12.5 Å². The molecule has 2 aromatic rings. The van der Waals surface area contributed by atoms with Gasteiger partial charge in [-0.2, -0.15) is 5.10 Å². The zero-order chi connectivity index (χ0) is 14.8. The number of anilines is 1. The van der Waals surface area contributed by atoms with Gasteiger partial charge in [-0.15, -0.1) is 0 Å².